The number of rotatable bonds is 4. The molecule has 1 N–H and O–H groups in total. The van der Waals surface area contributed by atoms with Gasteiger partial charge in [0, 0.05) is 11.1 Å². The van der Waals surface area contributed by atoms with Crippen molar-refractivity contribution in [1.29, 1.82) is 0 Å². The quantitative estimate of drug-likeness (QED) is 0.925. The summed E-state index contributed by atoms with van der Waals surface area (Å²) in [6, 6.07) is 3.25. The van der Waals surface area contributed by atoms with Gasteiger partial charge >= 0.3 is 5.97 Å². The second kappa shape index (κ2) is 6.17. The Morgan fingerprint density at radius 3 is 3.00 bits per heavy atom. The van der Waals surface area contributed by atoms with Crippen LogP contribution in [0.1, 0.15) is 5.69 Å². The summed E-state index contributed by atoms with van der Waals surface area (Å²) in [5, 5.41) is 13.9. The zero-order valence-electron chi connectivity index (χ0n) is 10.9. The van der Waals surface area contributed by atoms with Crippen LogP contribution in [0.5, 0.6) is 0 Å². The number of carbonyl (C=O) groups is 2. The number of aromatic nitrogens is 1. The fourth-order valence-corrected chi connectivity index (χ4v) is 4.86. The van der Waals surface area contributed by atoms with Gasteiger partial charge in [-0.3, -0.25) is 4.79 Å². The van der Waals surface area contributed by atoms with Crippen LogP contribution >= 0.6 is 34.4 Å². The summed E-state index contributed by atoms with van der Waals surface area (Å²) in [7, 11) is 0. The molecule has 3 heterocycles. The fourth-order valence-electron chi connectivity index (χ4n) is 2.05. The lowest BCUT2D eigenvalue weighted by atomic mass is 10.2. The Hall–Kier alpha value is -1.38. The predicted octanol–water partition coefficient (Wildman–Crippen LogP) is 2.40. The van der Waals surface area contributed by atoms with Crippen LogP contribution < -0.4 is 0 Å². The Kier molecular flexibility index (Phi) is 4.27. The van der Waals surface area contributed by atoms with Gasteiger partial charge in [-0.1, -0.05) is 6.07 Å². The van der Waals surface area contributed by atoms with Crippen LogP contribution in [0.25, 0.3) is 9.88 Å². The first-order valence-electron chi connectivity index (χ1n) is 6.23. The first-order chi connectivity index (χ1) is 10.1. The molecule has 1 atom stereocenters. The Morgan fingerprint density at radius 2 is 2.29 bits per heavy atom. The van der Waals surface area contributed by atoms with Crippen LogP contribution in [0.4, 0.5) is 0 Å². The van der Waals surface area contributed by atoms with Crippen molar-refractivity contribution in [1.82, 2.24) is 9.88 Å². The van der Waals surface area contributed by atoms with Gasteiger partial charge in [-0.2, -0.15) is 0 Å². The molecule has 0 saturated carbocycles. The van der Waals surface area contributed by atoms with Crippen molar-refractivity contribution in [3.05, 3.63) is 28.6 Å². The van der Waals surface area contributed by atoms with E-state index >= 15 is 0 Å². The van der Waals surface area contributed by atoms with Gasteiger partial charge in [0.2, 0.25) is 5.91 Å². The van der Waals surface area contributed by atoms with Crippen LogP contribution in [0, 0.1) is 0 Å². The molecule has 1 fully saturated rings. The average molecular weight is 340 g/mol. The molecule has 0 radical (unpaired) electrons. The van der Waals surface area contributed by atoms with Crippen LogP contribution in [0.2, 0.25) is 0 Å². The van der Waals surface area contributed by atoms with Crippen LogP contribution in [0.15, 0.2) is 22.9 Å². The highest BCUT2D eigenvalue weighted by atomic mass is 32.2. The molecule has 1 unspecified atom stereocenters. The smallest absolute Gasteiger partial charge is 0.327 e. The molecule has 110 valence electrons. The molecule has 1 amide bonds. The topological polar surface area (TPSA) is 70.5 Å². The normalized spacial score (nSPS) is 18.1. The number of hydrogen-bond acceptors (Lipinski definition) is 6. The summed E-state index contributed by atoms with van der Waals surface area (Å²) in [5.41, 5.74) is 0.703. The largest absolute Gasteiger partial charge is 0.480 e. The highest BCUT2D eigenvalue weighted by Crippen LogP contribution is 2.28. The van der Waals surface area contributed by atoms with E-state index in [4.69, 9.17) is 5.11 Å². The van der Waals surface area contributed by atoms with Crippen molar-refractivity contribution in [3.8, 4) is 9.88 Å². The number of amides is 1. The Morgan fingerprint density at radius 1 is 1.43 bits per heavy atom. The number of carboxylic acid groups (broad SMARTS) is 1. The van der Waals surface area contributed by atoms with Crippen molar-refractivity contribution in [3.63, 3.8) is 0 Å². The Bertz CT molecular complexity index is 653. The molecule has 0 aromatic carbocycles. The van der Waals surface area contributed by atoms with Gasteiger partial charge in [-0.25, -0.2) is 9.78 Å². The molecule has 0 bridgehead atoms. The SMILES string of the molecule is O=C(O)C1CSCN1C(=O)Cc1csc(-c2cccs2)n1. The maximum atomic E-state index is 12.2. The van der Waals surface area contributed by atoms with Crippen LogP contribution in [0.3, 0.4) is 0 Å². The van der Waals surface area contributed by atoms with E-state index in [0.29, 0.717) is 17.3 Å². The average Bonchev–Trinajstić information content (AvgIpc) is 3.19. The van der Waals surface area contributed by atoms with Gasteiger partial charge < -0.3 is 10.0 Å². The van der Waals surface area contributed by atoms with Crippen LogP contribution in [-0.2, 0) is 16.0 Å². The zero-order valence-corrected chi connectivity index (χ0v) is 13.3. The van der Waals surface area contributed by atoms with Crippen molar-refractivity contribution >= 4 is 46.3 Å². The summed E-state index contributed by atoms with van der Waals surface area (Å²) in [6.07, 6.45) is 0.159. The monoisotopic (exact) mass is 340 g/mol. The molecule has 21 heavy (non-hydrogen) atoms. The van der Waals surface area contributed by atoms with E-state index in [-0.39, 0.29) is 12.3 Å². The van der Waals surface area contributed by atoms with E-state index in [0.717, 1.165) is 9.88 Å². The molecule has 1 saturated heterocycles. The third kappa shape index (κ3) is 3.12. The van der Waals surface area contributed by atoms with Crippen molar-refractivity contribution in [2.24, 2.45) is 0 Å². The summed E-state index contributed by atoms with van der Waals surface area (Å²) >= 11 is 4.58. The predicted molar refractivity (Wildman–Crippen MR) is 84.7 cm³/mol. The number of nitrogens with zero attached hydrogens (tertiary/aromatic N) is 2. The maximum Gasteiger partial charge on any atom is 0.327 e. The number of thioether (sulfide) groups is 1. The third-order valence-electron chi connectivity index (χ3n) is 3.10. The fraction of sp³-hybridized carbons (Fsp3) is 0.308. The van der Waals surface area contributed by atoms with E-state index in [2.05, 4.69) is 4.98 Å². The number of thiazole rings is 1. The molecule has 0 spiro atoms. The molecule has 2 aromatic heterocycles. The molecule has 1 aliphatic heterocycles. The summed E-state index contributed by atoms with van der Waals surface area (Å²) < 4.78 is 0. The summed E-state index contributed by atoms with van der Waals surface area (Å²) in [4.78, 5) is 30.3. The molecule has 8 heteroatoms. The van der Waals surface area contributed by atoms with Gasteiger partial charge in [0.1, 0.15) is 11.0 Å². The minimum Gasteiger partial charge on any atom is -0.480 e. The highest BCUT2D eigenvalue weighted by molar-refractivity contribution is 7.99. The Balaban J connectivity index is 1.69. The standard InChI is InChI=1S/C13H12N2O3S3/c16-11(15-7-19-6-9(15)13(17)18)4-8-5-21-12(14-8)10-2-1-3-20-10/h1-3,5,9H,4,6-7H2,(H,17,18). The number of carbonyl (C=O) groups excluding carboxylic acids is 1. The van der Waals surface area contributed by atoms with Crippen LogP contribution in [-0.4, -0.2) is 44.5 Å². The van der Waals surface area contributed by atoms with Crippen molar-refractivity contribution in [2.45, 2.75) is 12.5 Å². The number of hydrogen-bond donors (Lipinski definition) is 1. The lowest BCUT2D eigenvalue weighted by Gasteiger charge is -2.19. The summed E-state index contributed by atoms with van der Waals surface area (Å²) in [6.45, 7) is 0. The van der Waals surface area contributed by atoms with Gasteiger partial charge in [0.05, 0.1) is 22.9 Å². The molecule has 1 aliphatic rings. The number of carboxylic acids is 1. The lowest BCUT2D eigenvalue weighted by Crippen LogP contribution is -2.42. The summed E-state index contributed by atoms with van der Waals surface area (Å²) in [5.74, 6) is -0.211. The zero-order chi connectivity index (χ0) is 14.8. The highest BCUT2D eigenvalue weighted by Gasteiger charge is 2.34. The molecule has 3 rings (SSSR count). The van der Waals surface area contributed by atoms with E-state index in [1.807, 2.05) is 22.9 Å². The molecule has 2 aromatic rings. The van der Waals surface area contributed by atoms with E-state index < -0.39 is 12.0 Å². The second-order valence-corrected chi connectivity index (χ2v) is 7.32. The maximum absolute atomic E-state index is 12.2. The first-order valence-corrected chi connectivity index (χ1v) is 9.15. The second-order valence-electron chi connectivity index (χ2n) is 4.52. The van der Waals surface area contributed by atoms with E-state index in [1.165, 1.54) is 28.0 Å². The lowest BCUT2D eigenvalue weighted by molar-refractivity contribution is -0.147. The minimum atomic E-state index is -0.939. The van der Waals surface area contributed by atoms with Crippen molar-refractivity contribution < 1.29 is 14.7 Å². The van der Waals surface area contributed by atoms with Gasteiger partial charge in [-0.15, -0.1) is 34.4 Å². The molecule has 0 aliphatic carbocycles. The van der Waals surface area contributed by atoms with Gasteiger partial charge in [0.15, 0.2) is 0 Å². The number of aliphatic carboxylic acids is 1. The van der Waals surface area contributed by atoms with Gasteiger partial charge in [0.25, 0.3) is 0 Å². The molecular formula is C13H12N2O3S3. The Labute approximate surface area is 133 Å². The van der Waals surface area contributed by atoms with E-state index in [9.17, 15) is 9.59 Å². The van der Waals surface area contributed by atoms with E-state index in [1.54, 1.807) is 11.3 Å². The molecular weight excluding hydrogens is 328 g/mol. The first kappa shape index (κ1) is 14.6. The third-order valence-corrected chi connectivity index (χ3v) is 6.05. The number of thiophene rings is 1. The van der Waals surface area contributed by atoms with Gasteiger partial charge in [-0.05, 0) is 11.4 Å². The van der Waals surface area contributed by atoms with Crippen molar-refractivity contribution in [2.75, 3.05) is 11.6 Å². The minimum absolute atomic E-state index is 0.159. The molecule has 5 nitrogen and oxygen atoms in total.